The van der Waals surface area contributed by atoms with Gasteiger partial charge in [-0.15, -0.1) is 0 Å². The van der Waals surface area contributed by atoms with E-state index in [1.165, 1.54) is 25.3 Å². The number of ether oxygens (including phenoxy) is 2. The molecule has 0 aliphatic rings. The monoisotopic (exact) mass is 457 g/mol. The van der Waals surface area contributed by atoms with E-state index in [1.807, 2.05) is 32.0 Å². The SMILES string of the molecule is COc1ccc(/C=C(\C#N)C(=O)Nc2cccc(C)c2C)c(OCc2cccc([N+](=O)[O-])c2)c1. The zero-order valence-corrected chi connectivity index (χ0v) is 19.0. The molecule has 1 N–H and O–H groups in total. The van der Waals surface area contributed by atoms with Gasteiger partial charge in [-0.1, -0.05) is 24.3 Å². The molecular weight excluding hydrogens is 434 g/mol. The van der Waals surface area contributed by atoms with Crippen molar-refractivity contribution >= 4 is 23.4 Å². The van der Waals surface area contributed by atoms with E-state index in [0.717, 1.165) is 11.1 Å². The highest BCUT2D eigenvalue weighted by molar-refractivity contribution is 6.10. The first-order valence-corrected chi connectivity index (χ1v) is 10.4. The van der Waals surface area contributed by atoms with E-state index in [0.29, 0.717) is 28.3 Å². The average molecular weight is 457 g/mol. The second-order valence-corrected chi connectivity index (χ2v) is 7.49. The average Bonchev–Trinajstić information content (AvgIpc) is 2.84. The van der Waals surface area contributed by atoms with Crippen molar-refractivity contribution in [3.05, 3.63) is 98.6 Å². The molecule has 3 aromatic rings. The quantitative estimate of drug-likeness (QED) is 0.211. The molecule has 0 spiro atoms. The van der Waals surface area contributed by atoms with Gasteiger partial charge in [0.2, 0.25) is 0 Å². The number of hydrogen-bond donors (Lipinski definition) is 1. The Balaban J connectivity index is 1.88. The van der Waals surface area contributed by atoms with E-state index < -0.39 is 10.8 Å². The molecule has 1 amide bonds. The van der Waals surface area contributed by atoms with E-state index >= 15 is 0 Å². The van der Waals surface area contributed by atoms with E-state index in [9.17, 15) is 20.2 Å². The van der Waals surface area contributed by atoms with Gasteiger partial charge in [0.15, 0.2) is 0 Å². The van der Waals surface area contributed by atoms with Crippen molar-refractivity contribution in [1.29, 1.82) is 5.26 Å². The highest BCUT2D eigenvalue weighted by Gasteiger charge is 2.14. The van der Waals surface area contributed by atoms with E-state index in [1.54, 1.807) is 36.4 Å². The van der Waals surface area contributed by atoms with Crippen LogP contribution in [-0.2, 0) is 11.4 Å². The minimum atomic E-state index is -0.545. The summed E-state index contributed by atoms with van der Waals surface area (Å²) >= 11 is 0. The summed E-state index contributed by atoms with van der Waals surface area (Å²) < 4.78 is 11.2. The minimum absolute atomic E-state index is 0.0401. The summed E-state index contributed by atoms with van der Waals surface area (Å²) in [5, 5.41) is 23.4. The van der Waals surface area contributed by atoms with Crippen LogP contribution in [0.3, 0.4) is 0 Å². The van der Waals surface area contributed by atoms with Crippen molar-refractivity contribution < 1.29 is 19.2 Å². The van der Waals surface area contributed by atoms with Gasteiger partial charge in [-0.05, 0) is 54.8 Å². The lowest BCUT2D eigenvalue weighted by atomic mass is 10.1. The molecule has 0 aromatic heterocycles. The first kappa shape index (κ1) is 24.0. The third-order valence-corrected chi connectivity index (χ3v) is 5.25. The highest BCUT2D eigenvalue weighted by Crippen LogP contribution is 2.28. The molecule has 0 heterocycles. The minimum Gasteiger partial charge on any atom is -0.497 e. The lowest BCUT2D eigenvalue weighted by molar-refractivity contribution is -0.384. The van der Waals surface area contributed by atoms with Gasteiger partial charge in [0.25, 0.3) is 11.6 Å². The van der Waals surface area contributed by atoms with E-state index in [2.05, 4.69) is 5.32 Å². The van der Waals surface area contributed by atoms with Crippen LogP contribution in [0, 0.1) is 35.3 Å². The molecule has 0 aliphatic carbocycles. The number of carbonyl (C=O) groups is 1. The fourth-order valence-corrected chi connectivity index (χ4v) is 3.19. The first-order valence-electron chi connectivity index (χ1n) is 10.4. The Kier molecular flexibility index (Phi) is 7.62. The Morgan fingerprint density at radius 3 is 2.62 bits per heavy atom. The molecule has 0 atom stereocenters. The number of amides is 1. The van der Waals surface area contributed by atoms with Crippen LogP contribution in [0.25, 0.3) is 6.08 Å². The van der Waals surface area contributed by atoms with Crippen LogP contribution in [0.5, 0.6) is 11.5 Å². The summed E-state index contributed by atoms with van der Waals surface area (Å²) in [7, 11) is 1.51. The molecule has 0 unspecified atom stereocenters. The molecule has 0 bridgehead atoms. The zero-order valence-electron chi connectivity index (χ0n) is 19.0. The van der Waals surface area contributed by atoms with Gasteiger partial charge in [-0.3, -0.25) is 14.9 Å². The van der Waals surface area contributed by atoms with Crippen molar-refractivity contribution in [1.82, 2.24) is 0 Å². The molecule has 172 valence electrons. The molecule has 0 radical (unpaired) electrons. The summed E-state index contributed by atoms with van der Waals surface area (Å²) in [6, 6.07) is 18.6. The summed E-state index contributed by atoms with van der Waals surface area (Å²) in [5.74, 6) is 0.333. The predicted molar refractivity (Wildman–Crippen MR) is 129 cm³/mol. The number of nitro benzene ring substituents is 1. The number of nitrogens with one attached hydrogen (secondary N) is 1. The number of hydrogen-bond acceptors (Lipinski definition) is 6. The van der Waals surface area contributed by atoms with Crippen molar-refractivity contribution in [2.75, 3.05) is 12.4 Å². The fourth-order valence-electron chi connectivity index (χ4n) is 3.19. The molecule has 0 saturated carbocycles. The van der Waals surface area contributed by atoms with Crippen LogP contribution in [0.1, 0.15) is 22.3 Å². The molecule has 34 heavy (non-hydrogen) atoms. The van der Waals surface area contributed by atoms with Gasteiger partial charge >= 0.3 is 0 Å². The maximum atomic E-state index is 12.8. The van der Waals surface area contributed by atoms with Crippen LogP contribution in [0.4, 0.5) is 11.4 Å². The molecule has 8 nitrogen and oxygen atoms in total. The topological polar surface area (TPSA) is 114 Å². The van der Waals surface area contributed by atoms with E-state index in [4.69, 9.17) is 9.47 Å². The summed E-state index contributed by atoms with van der Waals surface area (Å²) in [5.41, 5.74) is 3.50. The number of anilines is 1. The van der Waals surface area contributed by atoms with Crippen LogP contribution in [0.15, 0.2) is 66.2 Å². The number of aryl methyl sites for hydroxylation is 1. The molecule has 0 fully saturated rings. The maximum Gasteiger partial charge on any atom is 0.269 e. The van der Waals surface area contributed by atoms with Crippen molar-refractivity contribution in [2.45, 2.75) is 20.5 Å². The third-order valence-electron chi connectivity index (χ3n) is 5.25. The first-order chi connectivity index (χ1) is 16.3. The number of nitriles is 1. The molecule has 3 rings (SSSR count). The van der Waals surface area contributed by atoms with Crippen LogP contribution in [0.2, 0.25) is 0 Å². The molecule has 0 aliphatic heterocycles. The number of nitro groups is 1. The lowest BCUT2D eigenvalue weighted by Gasteiger charge is -2.12. The van der Waals surface area contributed by atoms with Crippen LogP contribution < -0.4 is 14.8 Å². The van der Waals surface area contributed by atoms with E-state index in [-0.39, 0.29) is 17.9 Å². The Morgan fingerprint density at radius 2 is 1.91 bits per heavy atom. The molecule has 8 heteroatoms. The third kappa shape index (κ3) is 5.78. The van der Waals surface area contributed by atoms with Crippen LogP contribution in [-0.4, -0.2) is 17.9 Å². The van der Waals surface area contributed by atoms with Gasteiger partial charge in [-0.25, -0.2) is 0 Å². The summed E-state index contributed by atoms with van der Waals surface area (Å²) in [6.45, 7) is 3.88. The predicted octanol–water partition coefficient (Wildman–Crippen LogP) is 5.34. The number of benzene rings is 3. The number of non-ortho nitro benzene ring substituents is 1. The van der Waals surface area contributed by atoms with Crippen molar-refractivity contribution in [3.63, 3.8) is 0 Å². The molecular formula is C26H23N3O5. The molecule has 3 aromatic carbocycles. The number of carbonyl (C=O) groups excluding carboxylic acids is 1. The van der Waals surface area contributed by atoms with Crippen molar-refractivity contribution in [2.24, 2.45) is 0 Å². The second-order valence-electron chi connectivity index (χ2n) is 7.49. The van der Waals surface area contributed by atoms with Gasteiger partial charge in [-0.2, -0.15) is 5.26 Å². The Hall–Kier alpha value is -4.64. The maximum absolute atomic E-state index is 12.8. The number of rotatable bonds is 8. The van der Waals surface area contributed by atoms with Crippen LogP contribution >= 0.6 is 0 Å². The van der Waals surface area contributed by atoms with Gasteiger partial charge in [0.1, 0.15) is 29.7 Å². The Morgan fingerprint density at radius 1 is 1.15 bits per heavy atom. The smallest absolute Gasteiger partial charge is 0.269 e. The zero-order chi connectivity index (χ0) is 24.7. The van der Waals surface area contributed by atoms with Gasteiger partial charge < -0.3 is 14.8 Å². The Labute approximate surface area is 197 Å². The summed E-state index contributed by atoms with van der Waals surface area (Å²) in [6.07, 6.45) is 1.43. The van der Waals surface area contributed by atoms with Gasteiger partial charge in [0, 0.05) is 29.4 Å². The van der Waals surface area contributed by atoms with Crippen molar-refractivity contribution in [3.8, 4) is 17.6 Å². The normalized spacial score (nSPS) is 10.8. The summed E-state index contributed by atoms with van der Waals surface area (Å²) in [4.78, 5) is 23.3. The number of methoxy groups -OCH3 is 1. The standard InChI is InChI=1S/C26H23N3O5/c1-17-6-4-9-24(18(17)2)28-26(30)21(15-27)13-20-10-11-23(33-3)14-25(20)34-16-19-7-5-8-22(12-19)29(31)32/h4-14H,16H2,1-3H3,(H,28,30)/b21-13+. The lowest BCUT2D eigenvalue weighted by Crippen LogP contribution is -2.14. The van der Waals surface area contributed by atoms with Gasteiger partial charge in [0.05, 0.1) is 12.0 Å². The largest absolute Gasteiger partial charge is 0.497 e. The fraction of sp³-hybridized carbons (Fsp3) is 0.154. The Bertz CT molecular complexity index is 1310. The highest BCUT2D eigenvalue weighted by atomic mass is 16.6. The number of nitrogens with zero attached hydrogens (tertiary/aromatic N) is 2. The molecule has 0 saturated heterocycles. The second kappa shape index (κ2) is 10.8.